The van der Waals surface area contributed by atoms with Gasteiger partial charge in [0, 0.05) is 12.0 Å². The van der Waals surface area contributed by atoms with E-state index in [9.17, 15) is 28.8 Å². The summed E-state index contributed by atoms with van der Waals surface area (Å²) in [5, 5.41) is 53.2. The number of nitrogens with two attached hydrogens (primary N) is 1. The largest absolute Gasteiger partial charge is 0.481 e. The van der Waals surface area contributed by atoms with Gasteiger partial charge in [0.1, 0.15) is 0 Å². The maximum atomic E-state index is 11.1. The summed E-state index contributed by atoms with van der Waals surface area (Å²) in [5.41, 5.74) is 5.26. The molecule has 0 saturated carbocycles. The summed E-state index contributed by atoms with van der Waals surface area (Å²) < 4.78 is 0. The molecule has 0 aromatic heterocycles. The first-order chi connectivity index (χ1) is 10.8. The van der Waals surface area contributed by atoms with Crippen LogP contribution in [0.1, 0.15) is 0 Å². The molecule has 0 spiro atoms. The minimum atomic E-state index is -2.85. The SMILES string of the molecule is NC([C](C(C(=O)O)C(=O)O)C(C(=O)O)C(=O)O)C(C(=O)O)C(=O)O. The van der Waals surface area contributed by atoms with E-state index in [0.717, 1.165) is 0 Å². The Bertz CT molecular complexity index is 510. The van der Waals surface area contributed by atoms with Gasteiger partial charge >= 0.3 is 35.8 Å². The number of aliphatic carboxylic acids is 6. The lowest BCUT2D eigenvalue weighted by Crippen LogP contribution is -2.54. The van der Waals surface area contributed by atoms with Crippen molar-refractivity contribution in [2.24, 2.45) is 23.5 Å². The molecule has 1 atom stereocenters. The van der Waals surface area contributed by atoms with E-state index >= 15 is 0 Å². The van der Waals surface area contributed by atoms with Crippen LogP contribution in [0.4, 0.5) is 0 Å². The third kappa shape index (κ3) is 4.39. The molecule has 0 aromatic carbocycles. The molecule has 1 radical (unpaired) electrons. The van der Waals surface area contributed by atoms with Crippen LogP contribution in [-0.2, 0) is 28.8 Å². The van der Waals surface area contributed by atoms with Gasteiger partial charge in [0.2, 0.25) is 0 Å². The van der Waals surface area contributed by atoms with Crippen LogP contribution in [0.3, 0.4) is 0 Å². The zero-order chi connectivity index (χ0) is 19.4. The minimum Gasteiger partial charge on any atom is -0.481 e. The molecule has 13 nitrogen and oxygen atoms in total. The number of carboxylic acid groups (broad SMARTS) is 6. The van der Waals surface area contributed by atoms with E-state index in [1.807, 2.05) is 0 Å². The maximum Gasteiger partial charge on any atom is 0.319 e. The van der Waals surface area contributed by atoms with Crippen molar-refractivity contribution in [2.75, 3.05) is 0 Å². The zero-order valence-electron chi connectivity index (χ0n) is 11.5. The highest BCUT2D eigenvalue weighted by molar-refractivity contribution is 6.03. The lowest BCUT2D eigenvalue weighted by atomic mass is 9.72. The van der Waals surface area contributed by atoms with Crippen molar-refractivity contribution in [3.63, 3.8) is 0 Å². The van der Waals surface area contributed by atoms with Crippen molar-refractivity contribution in [3.05, 3.63) is 5.92 Å². The second-order valence-electron chi connectivity index (χ2n) is 4.40. The average molecular weight is 350 g/mol. The summed E-state index contributed by atoms with van der Waals surface area (Å²) in [5.74, 6) is -23.1. The Hall–Kier alpha value is -3.22. The molecule has 0 rings (SSSR count). The lowest BCUT2D eigenvalue weighted by Gasteiger charge is -2.30. The van der Waals surface area contributed by atoms with Crippen LogP contribution in [0.15, 0.2) is 0 Å². The first-order valence-corrected chi connectivity index (χ1v) is 5.83. The number of carbonyl (C=O) groups is 6. The first kappa shape index (κ1) is 20.8. The summed E-state index contributed by atoms with van der Waals surface area (Å²) in [7, 11) is 0. The first-order valence-electron chi connectivity index (χ1n) is 5.83. The van der Waals surface area contributed by atoms with Gasteiger partial charge < -0.3 is 36.4 Å². The Morgan fingerprint density at radius 2 is 0.792 bits per heavy atom. The average Bonchev–Trinajstić information content (AvgIpc) is 2.34. The molecule has 0 heterocycles. The van der Waals surface area contributed by atoms with Crippen LogP contribution in [0, 0.1) is 23.7 Å². The fourth-order valence-electron chi connectivity index (χ4n) is 1.94. The third-order valence-electron chi connectivity index (χ3n) is 2.93. The Labute approximate surface area is 131 Å². The van der Waals surface area contributed by atoms with Crippen LogP contribution in [0.25, 0.3) is 0 Å². The topological polar surface area (TPSA) is 250 Å². The smallest absolute Gasteiger partial charge is 0.319 e. The van der Waals surface area contributed by atoms with Crippen LogP contribution >= 0.6 is 0 Å². The van der Waals surface area contributed by atoms with E-state index in [1.54, 1.807) is 0 Å². The maximum absolute atomic E-state index is 11.1. The van der Waals surface area contributed by atoms with Gasteiger partial charge in [0.25, 0.3) is 0 Å². The normalized spacial score (nSPS) is 12.4. The summed E-state index contributed by atoms with van der Waals surface area (Å²) in [6, 6.07) is -2.52. The summed E-state index contributed by atoms with van der Waals surface area (Å²) in [6.07, 6.45) is 0. The molecule has 133 valence electrons. The quantitative estimate of drug-likeness (QED) is 0.197. The van der Waals surface area contributed by atoms with E-state index in [2.05, 4.69) is 0 Å². The van der Waals surface area contributed by atoms with Gasteiger partial charge in [-0.25, -0.2) is 0 Å². The highest BCUT2D eigenvalue weighted by Crippen LogP contribution is 2.32. The van der Waals surface area contributed by atoms with Gasteiger partial charge in [0.05, 0.1) is 0 Å². The van der Waals surface area contributed by atoms with Gasteiger partial charge in [-0.3, -0.25) is 28.8 Å². The molecule has 0 aliphatic heterocycles. The Balaban J connectivity index is 6.40. The van der Waals surface area contributed by atoms with Gasteiger partial charge in [-0.2, -0.15) is 0 Å². The monoisotopic (exact) mass is 350 g/mol. The Morgan fingerprint density at radius 1 is 0.542 bits per heavy atom. The fraction of sp³-hybridized carbons (Fsp3) is 0.364. The van der Waals surface area contributed by atoms with Gasteiger partial charge in [-0.1, -0.05) is 0 Å². The summed E-state index contributed by atoms with van der Waals surface area (Å²) >= 11 is 0. The second kappa shape index (κ2) is 7.87. The van der Waals surface area contributed by atoms with E-state index in [4.69, 9.17) is 36.4 Å². The Morgan fingerprint density at radius 3 is 0.958 bits per heavy atom. The summed E-state index contributed by atoms with van der Waals surface area (Å²) in [6.45, 7) is 0. The van der Waals surface area contributed by atoms with Crippen molar-refractivity contribution in [1.29, 1.82) is 0 Å². The number of hydrogen-bond donors (Lipinski definition) is 7. The van der Waals surface area contributed by atoms with Crippen molar-refractivity contribution >= 4 is 35.8 Å². The zero-order valence-corrected chi connectivity index (χ0v) is 11.5. The molecule has 0 amide bonds. The van der Waals surface area contributed by atoms with Crippen molar-refractivity contribution in [3.8, 4) is 0 Å². The molecule has 0 aliphatic rings. The predicted octanol–water partition coefficient (Wildman–Crippen LogP) is -2.76. The highest BCUT2D eigenvalue weighted by Gasteiger charge is 2.54. The van der Waals surface area contributed by atoms with Gasteiger partial charge in [0.15, 0.2) is 17.8 Å². The third-order valence-corrected chi connectivity index (χ3v) is 2.93. The molecule has 0 aliphatic carbocycles. The molecule has 24 heavy (non-hydrogen) atoms. The highest BCUT2D eigenvalue weighted by atomic mass is 16.4. The van der Waals surface area contributed by atoms with E-state index < -0.39 is 65.5 Å². The molecule has 0 aromatic rings. The number of carboxylic acids is 6. The van der Waals surface area contributed by atoms with Crippen molar-refractivity contribution in [2.45, 2.75) is 6.04 Å². The molecular formula is C11H12NO12. The van der Waals surface area contributed by atoms with Crippen molar-refractivity contribution in [1.82, 2.24) is 0 Å². The van der Waals surface area contributed by atoms with E-state index in [1.165, 1.54) is 0 Å². The van der Waals surface area contributed by atoms with Crippen LogP contribution in [0.2, 0.25) is 0 Å². The summed E-state index contributed by atoms with van der Waals surface area (Å²) in [4.78, 5) is 66.1. The molecule has 0 fully saturated rings. The standard InChI is InChI=1S/C11H12NO12/c12-5(4(10(21)22)11(23)24)1(2(6(13)14)7(15)16)3(8(17)18)9(19)20/h2-5H,12H2,(H,13,14)(H,15,16)(H,17,18)(H,19,20)(H,21,22)(H,23,24). The Kier molecular flexibility index (Phi) is 6.81. The molecule has 1 unspecified atom stereocenters. The van der Waals surface area contributed by atoms with Crippen LogP contribution < -0.4 is 5.73 Å². The molecule has 8 N–H and O–H groups in total. The van der Waals surface area contributed by atoms with Gasteiger partial charge in [-0.05, 0) is 0 Å². The minimum absolute atomic E-state index is 1.50. The van der Waals surface area contributed by atoms with Crippen molar-refractivity contribution < 1.29 is 59.4 Å². The van der Waals surface area contributed by atoms with Gasteiger partial charge in [-0.15, -0.1) is 0 Å². The molecule has 0 saturated heterocycles. The molecule has 13 heteroatoms. The van der Waals surface area contributed by atoms with Crippen LogP contribution in [-0.4, -0.2) is 72.5 Å². The molecule has 0 bridgehead atoms. The van der Waals surface area contributed by atoms with Crippen LogP contribution in [0.5, 0.6) is 0 Å². The molecular weight excluding hydrogens is 338 g/mol. The predicted molar refractivity (Wildman–Crippen MR) is 67.5 cm³/mol. The number of rotatable bonds is 10. The van der Waals surface area contributed by atoms with E-state index in [-0.39, 0.29) is 0 Å². The lowest BCUT2D eigenvalue weighted by molar-refractivity contribution is -0.163. The van der Waals surface area contributed by atoms with E-state index in [0.29, 0.717) is 0 Å². The fourth-order valence-corrected chi connectivity index (χ4v) is 1.94. The second-order valence-corrected chi connectivity index (χ2v) is 4.40. The number of hydrogen-bond acceptors (Lipinski definition) is 7.